The molecule has 0 amide bonds. The Bertz CT molecular complexity index is 609. The van der Waals surface area contributed by atoms with Gasteiger partial charge in [0.2, 0.25) is 5.95 Å². The van der Waals surface area contributed by atoms with E-state index >= 15 is 0 Å². The molecule has 0 bridgehead atoms. The van der Waals surface area contributed by atoms with E-state index in [2.05, 4.69) is 20.9 Å². The highest BCUT2D eigenvalue weighted by atomic mass is 79.9. The van der Waals surface area contributed by atoms with Crippen LogP contribution in [0.1, 0.15) is 20.8 Å². The Balaban J connectivity index is 2.48. The number of nitrogens with zero attached hydrogens (tertiary/aromatic N) is 2. The van der Waals surface area contributed by atoms with Crippen molar-refractivity contribution in [1.29, 1.82) is 0 Å². The molecule has 1 heterocycles. The number of nitrogen functional groups attached to an aromatic ring is 1. The number of fused-ring (bicyclic) bond motifs is 1. The summed E-state index contributed by atoms with van der Waals surface area (Å²) >= 11 is 3.15. The van der Waals surface area contributed by atoms with Crippen LogP contribution in [0.4, 0.5) is 10.3 Å². The molecule has 0 saturated heterocycles. The minimum absolute atomic E-state index is 0.331. The zero-order valence-electron chi connectivity index (χ0n) is 11.2. The number of benzene rings is 1. The number of hydrogen-bond acceptors (Lipinski definition) is 3. The molecule has 2 rings (SSSR count). The van der Waals surface area contributed by atoms with E-state index < -0.39 is 0 Å². The SMILES string of the molecule is CCOC(C)(C)Cn1c(N)nc2cc(Br)c(F)cc21. The number of anilines is 1. The van der Waals surface area contributed by atoms with Crippen LogP contribution >= 0.6 is 15.9 Å². The van der Waals surface area contributed by atoms with Crippen molar-refractivity contribution in [1.82, 2.24) is 9.55 Å². The molecule has 0 fully saturated rings. The largest absolute Gasteiger partial charge is 0.374 e. The van der Waals surface area contributed by atoms with Crippen LogP contribution in [-0.2, 0) is 11.3 Å². The van der Waals surface area contributed by atoms with E-state index in [-0.39, 0.29) is 11.4 Å². The summed E-state index contributed by atoms with van der Waals surface area (Å²) in [5, 5.41) is 0. The van der Waals surface area contributed by atoms with Gasteiger partial charge < -0.3 is 15.0 Å². The molecule has 0 radical (unpaired) electrons. The molecule has 0 aliphatic carbocycles. The van der Waals surface area contributed by atoms with Gasteiger partial charge in [0.25, 0.3) is 0 Å². The van der Waals surface area contributed by atoms with Crippen LogP contribution in [0, 0.1) is 5.82 Å². The number of imidazole rings is 1. The van der Waals surface area contributed by atoms with Gasteiger partial charge >= 0.3 is 0 Å². The molecule has 0 spiro atoms. The minimum atomic E-state index is -0.389. The summed E-state index contributed by atoms with van der Waals surface area (Å²) in [4.78, 5) is 4.25. The van der Waals surface area contributed by atoms with Crippen LogP contribution in [0.2, 0.25) is 0 Å². The summed E-state index contributed by atoms with van der Waals surface area (Å²) in [6.07, 6.45) is 0. The summed E-state index contributed by atoms with van der Waals surface area (Å²) in [6, 6.07) is 3.07. The number of nitrogens with two attached hydrogens (primary N) is 1. The fourth-order valence-corrected chi connectivity index (χ4v) is 2.45. The molecule has 0 unspecified atom stereocenters. The zero-order chi connectivity index (χ0) is 14.2. The predicted molar refractivity (Wildman–Crippen MR) is 77.5 cm³/mol. The Morgan fingerprint density at radius 2 is 2.16 bits per heavy atom. The van der Waals surface area contributed by atoms with Gasteiger partial charge in [0.05, 0.1) is 27.7 Å². The number of halogens is 2. The van der Waals surface area contributed by atoms with Crippen molar-refractivity contribution in [2.24, 2.45) is 0 Å². The smallest absolute Gasteiger partial charge is 0.201 e. The Morgan fingerprint density at radius 1 is 1.47 bits per heavy atom. The maximum absolute atomic E-state index is 13.7. The monoisotopic (exact) mass is 329 g/mol. The lowest BCUT2D eigenvalue weighted by Gasteiger charge is -2.25. The van der Waals surface area contributed by atoms with Crippen molar-refractivity contribution in [3.8, 4) is 0 Å². The average Bonchev–Trinajstić information content (AvgIpc) is 2.56. The summed E-state index contributed by atoms with van der Waals surface area (Å²) in [5.74, 6) is 0.0307. The third-order valence-electron chi connectivity index (χ3n) is 2.89. The van der Waals surface area contributed by atoms with Gasteiger partial charge in [-0.3, -0.25) is 0 Å². The molecule has 0 aliphatic rings. The third-order valence-corrected chi connectivity index (χ3v) is 3.50. The molecule has 0 saturated carbocycles. The first-order valence-electron chi connectivity index (χ1n) is 6.09. The molecular formula is C13H17BrFN3O. The van der Waals surface area contributed by atoms with Crippen LogP contribution in [0.5, 0.6) is 0 Å². The van der Waals surface area contributed by atoms with Gasteiger partial charge in [-0.25, -0.2) is 9.37 Å². The van der Waals surface area contributed by atoms with Crippen molar-refractivity contribution in [3.63, 3.8) is 0 Å². The number of hydrogen-bond donors (Lipinski definition) is 1. The molecule has 2 N–H and O–H groups in total. The molecule has 0 aliphatic heterocycles. The van der Waals surface area contributed by atoms with Gasteiger partial charge in [-0.15, -0.1) is 0 Å². The molecule has 1 aromatic carbocycles. The standard InChI is InChI=1S/C13H17BrFN3O/c1-4-19-13(2,3)7-18-11-6-9(15)8(14)5-10(11)17-12(18)16/h5-6H,4,7H2,1-3H3,(H2,16,17). The van der Waals surface area contributed by atoms with E-state index in [0.717, 1.165) is 0 Å². The van der Waals surface area contributed by atoms with Crippen molar-refractivity contribution in [3.05, 3.63) is 22.4 Å². The molecule has 1 aromatic heterocycles. The quantitative estimate of drug-likeness (QED) is 0.935. The van der Waals surface area contributed by atoms with Crippen molar-refractivity contribution in [2.75, 3.05) is 12.3 Å². The van der Waals surface area contributed by atoms with E-state index in [4.69, 9.17) is 10.5 Å². The predicted octanol–water partition coefficient (Wildman–Crippen LogP) is 3.34. The van der Waals surface area contributed by atoms with E-state index in [1.54, 1.807) is 10.6 Å². The van der Waals surface area contributed by atoms with E-state index in [9.17, 15) is 4.39 Å². The second-order valence-electron chi connectivity index (χ2n) is 5.00. The average molecular weight is 330 g/mol. The van der Waals surface area contributed by atoms with Crippen LogP contribution < -0.4 is 5.73 Å². The lowest BCUT2D eigenvalue weighted by atomic mass is 10.1. The van der Waals surface area contributed by atoms with Gasteiger partial charge in [0, 0.05) is 12.7 Å². The van der Waals surface area contributed by atoms with Crippen LogP contribution in [0.25, 0.3) is 11.0 Å². The fraction of sp³-hybridized carbons (Fsp3) is 0.462. The number of aromatic nitrogens is 2. The highest BCUT2D eigenvalue weighted by molar-refractivity contribution is 9.10. The molecule has 4 nitrogen and oxygen atoms in total. The normalized spacial score (nSPS) is 12.3. The first-order valence-corrected chi connectivity index (χ1v) is 6.88. The first-order chi connectivity index (χ1) is 8.84. The maximum atomic E-state index is 13.7. The topological polar surface area (TPSA) is 53.1 Å². The molecule has 0 atom stereocenters. The van der Waals surface area contributed by atoms with Crippen LogP contribution in [0.3, 0.4) is 0 Å². The molecule has 6 heteroatoms. The highest BCUT2D eigenvalue weighted by Crippen LogP contribution is 2.27. The second kappa shape index (κ2) is 5.09. The Kier molecular flexibility index (Phi) is 3.82. The fourth-order valence-electron chi connectivity index (χ4n) is 2.12. The molecule has 19 heavy (non-hydrogen) atoms. The van der Waals surface area contributed by atoms with E-state index in [0.29, 0.717) is 34.6 Å². The first kappa shape index (κ1) is 14.3. The Hall–Kier alpha value is -1.14. The summed E-state index contributed by atoms with van der Waals surface area (Å²) in [5.41, 5.74) is 6.86. The van der Waals surface area contributed by atoms with Gasteiger partial charge in [-0.1, -0.05) is 0 Å². The highest BCUT2D eigenvalue weighted by Gasteiger charge is 2.22. The van der Waals surface area contributed by atoms with Crippen LogP contribution in [0.15, 0.2) is 16.6 Å². The zero-order valence-corrected chi connectivity index (χ0v) is 12.8. The van der Waals surface area contributed by atoms with Gasteiger partial charge in [0.15, 0.2) is 0 Å². The van der Waals surface area contributed by atoms with E-state index in [1.165, 1.54) is 6.07 Å². The Morgan fingerprint density at radius 3 is 2.79 bits per heavy atom. The van der Waals surface area contributed by atoms with E-state index in [1.807, 2.05) is 20.8 Å². The second-order valence-corrected chi connectivity index (χ2v) is 5.86. The van der Waals surface area contributed by atoms with Crippen LogP contribution in [-0.4, -0.2) is 21.8 Å². The number of rotatable bonds is 4. The minimum Gasteiger partial charge on any atom is -0.374 e. The van der Waals surface area contributed by atoms with Gasteiger partial charge in [-0.05, 0) is 42.8 Å². The van der Waals surface area contributed by atoms with Crippen molar-refractivity contribution >= 4 is 32.9 Å². The Labute approximate surface area is 119 Å². The lowest BCUT2D eigenvalue weighted by Crippen LogP contribution is -2.31. The number of ether oxygens (including phenoxy) is 1. The summed E-state index contributed by atoms with van der Waals surface area (Å²) < 4.78 is 21.5. The van der Waals surface area contributed by atoms with Gasteiger partial charge in [-0.2, -0.15) is 0 Å². The molecular weight excluding hydrogens is 313 g/mol. The maximum Gasteiger partial charge on any atom is 0.201 e. The summed E-state index contributed by atoms with van der Waals surface area (Å²) in [6.45, 7) is 7.01. The molecule has 2 aromatic rings. The molecule has 104 valence electrons. The van der Waals surface area contributed by atoms with Crippen molar-refractivity contribution in [2.45, 2.75) is 32.9 Å². The van der Waals surface area contributed by atoms with Gasteiger partial charge in [0.1, 0.15) is 5.82 Å². The third kappa shape index (κ3) is 2.90. The lowest BCUT2D eigenvalue weighted by molar-refractivity contribution is -0.0212. The van der Waals surface area contributed by atoms with Crippen molar-refractivity contribution < 1.29 is 9.13 Å². The summed E-state index contributed by atoms with van der Waals surface area (Å²) in [7, 11) is 0.